The predicted octanol–water partition coefficient (Wildman–Crippen LogP) is 2.17. The topological polar surface area (TPSA) is 52.6 Å². The number of nitrogens with zero attached hydrogens (tertiary/aromatic N) is 1. The lowest BCUT2D eigenvalue weighted by Crippen LogP contribution is -2.47. The second kappa shape index (κ2) is 7.64. The van der Waals surface area contributed by atoms with Gasteiger partial charge in [0.25, 0.3) is 0 Å². The van der Waals surface area contributed by atoms with Crippen LogP contribution in [0.3, 0.4) is 0 Å². The lowest BCUT2D eigenvalue weighted by atomic mass is 9.86. The van der Waals surface area contributed by atoms with Crippen LogP contribution in [0, 0.1) is 11.3 Å². The van der Waals surface area contributed by atoms with E-state index >= 15 is 0 Å². The number of aliphatic hydroxyl groups excluding tert-OH is 1. The first-order chi connectivity index (χ1) is 9.98. The molecule has 130 valence electrons. The normalized spacial score (nSPS) is 22.4. The molecule has 0 aromatic carbocycles. The third-order valence-electron chi connectivity index (χ3n) is 3.87. The Bertz CT molecular complexity index is 370. The molecule has 0 spiro atoms. The number of carbonyl (C=O) groups is 1. The summed E-state index contributed by atoms with van der Waals surface area (Å²) in [6.07, 6.45) is -2.90. The first kappa shape index (κ1) is 19.2. The zero-order valence-electron chi connectivity index (χ0n) is 13.5. The van der Waals surface area contributed by atoms with Gasteiger partial charge in [0.15, 0.2) is 0 Å². The molecule has 2 N–H and O–H groups in total. The van der Waals surface area contributed by atoms with E-state index in [0.29, 0.717) is 32.4 Å². The summed E-state index contributed by atoms with van der Waals surface area (Å²) in [5, 5.41) is 12.2. The van der Waals surface area contributed by atoms with Crippen LogP contribution in [0.25, 0.3) is 0 Å². The average molecular weight is 324 g/mol. The van der Waals surface area contributed by atoms with Crippen molar-refractivity contribution >= 4 is 5.91 Å². The molecule has 1 aliphatic heterocycles. The van der Waals surface area contributed by atoms with E-state index in [1.54, 1.807) is 6.92 Å². The second-order valence-electron chi connectivity index (χ2n) is 7.12. The van der Waals surface area contributed by atoms with Gasteiger partial charge >= 0.3 is 6.18 Å². The molecule has 4 nitrogen and oxygen atoms in total. The Balaban J connectivity index is 2.45. The molecule has 2 atom stereocenters. The van der Waals surface area contributed by atoms with Crippen molar-refractivity contribution in [2.24, 2.45) is 11.3 Å². The summed E-state index contributed by atoms with van der Waals surface area (Å²) in [4.78, 5) is 13.5. The van der Waals surface area contributed by atoms with E-state index in [1.807, 2.05) is 13.8 Å². The van der Waals surface area contributed by atoms with Crippen LogP contribution in [0.1, 0.15) is 40.0 Å². The molecule has 0 radical (unpaired) electrons. The number of hydrogen-bond donors (Lipinski definition) is 2. The molecule has 0 aromatic rings. The number of alkyl halides is 3. The summed E-state index contributed by atoms with van der Waals surface area (Å²) in [6, 6.07) is 0. The highest BCUT2D eigenvalue weighted by Gasteiger charge is 2.35. The van der Waals surface area contributed by atoms with Gasteiger partial charge in [0.1, 0.15) is 0 Å². The molecular formula is C15H27F3N2O2. The minimum atomic E-state index is -4.22. The molecule has 0 aliphatic carbocycles. The third kappa shape index (κ3) is 7.45. The molecule has 1 amide bonds. The Kier molecular flexibility index (Phi) is 6.67. The number of piperidine rings is 1. The van der Waals surface area contributed by atoms with Crippen molar-refractivity contribution in [3.05, 3.63) is 0 Å². The number of nitrogens with one attached hydrogen (secondary N) is 1. The third-order valence-corrected chi connectivity index (χ3v) is 3.87. The van der Waals surface area contributed by atoms with Gasteiger partial charge in [-0.25, -0.2) is 0 Å². The highest BCUT2D eigenvalue weighted by molar-refractivity contribution is 5.79. The Labute approximate surface area is 130 Å². The molecule has 1 aliphatic rings. The van der Waals surface area contributed by atoms with Crippen molar-refractivity contribution in [3.8, 4) is 0 Å². The summed E-state index contributed by atoms with van der Waals surface area (Å²) in [7, 11) is 0. The van der Waals surface area contributed by atoms with E-state index in [9.17, 15) is 23.1 Å². The van der Waals surface area contributed by atoms with Gasteiger partial charge in [0.2, 0.25) is 5.91 Å². The van der Waals surface area contributed by atoms with Gasteiger partial charge in [-0.15, -0.1) is 0 Å². The van der Waals surface area contributed by atoms with Gasteiger partial charge in [-0.3, -0.25) is 9.69 Å². The van der Waals surface area contributed by atoms with Gasteiger partial charge in [-0.1, -0.05) is 13.8 Å². The van der Waals surface area contributed by atoms with Crippen molar-refractivity contribution in [1.82, 2.24) is 10.2 Å². The minimum Gasteiger partial charge on any atom is -0.393 e. The quantitative estimate of drug-likeness (QED) is 0.787. The summed E-state index contributed by atoms with van der Waals surface area (Å²) in [5.74, 6) is -0.580. The second-order valence-corrected chi connectivity index (χ2v) is 7.12. The van der Waals surface area contributed by atoms with Gasteiger partial charge in [-0.05, 0) is 38.1 Å². The van der Waals surface area contributed by atoms with Gasteiger partial charge < -0.3 is 10.4 Å². The molecule has 1 heterocycles. The smallest absolute Gasteiger partial charge is 0.393 e. The van der Waals surface area contributed by atoms with Crippen molar-refractivity contribution in [2.45, 2.75) is 52.3 Å². The maximum Gasteiger partial charge on any atom is 0.401 e. The van der Waals surface area contributed by atoms with E-state index < -0.39 is 24.7 Å². The van der Waals surface area contributed by atoms with Crippen LogP contribution in [0.2, 0.25) is 0 Å². The Morgan fingerprint density at radius 1 is 1.41 bits per heavy atom. The Morgan fingerprint density at radius 3 is 2.59 bits per heavy atom. The number of rotatable bonds is 6. The number of aliphatic hydroxyl groups is 1. The lowest BCUT2D eigenvalue weighted by Gasteiger charge is -2.33. The first-order valence-electron chi connectivity index (χ1n) is 7.73. The summed E-state index contributed by atoms with van der Waals surface area (Å²) in [6.45, 7) is 5.57. The summed E-state index contributed by atoms with van der Waals surface area (Å²) >= 11 is 0. The summed E-state index contributed by atoms with van der Waals surface area (Å²) < 4.78 is 37.3. The Morgan fingerprint density at radius 2 is 2.05 bits per heavy atom. The molecule has 0 bridgehead atoms. The van der Waals surface area contributed by atoms with E-state index in [4.69, 9.17) is 0 Å². The molecule has 1 fully saturated rings. The van der Waals surface area contributed by atoms with Gasteiger partial charge in [-0.2, -0.15) is 13.2 Å². The number of hydrogen-bond acceptors (Lipinski definition) is 3. The monoisotopic (exact) mass is 324 g/mol. The van der Waals surface area contributed by atoms with Crippen LogP contribution < -0.4 is 5.32 Å². The van der Waals surface area contributed by atoms with Crippen molar-refractivity contribution in [2.75, 3.05) is 26.2 Å². The standard InChI is InChI=1S/C15H27F3N2O2/c1-11(21)7-14(2,3)9-19-13(22)12-5-4-6-20(8-12)10-15(16,17)18/h11-12,21H,4-10H2,1-3H3,(H,19,22). The molecule has 22 heavy (non-hydrogen) atoms. The van der Waals surface area contributed by atoms with Crippen LogP contribution in [0.15, 0.2) is 0 Å². The maximum absolute atomic E-state index is 12.4. The highest BCUT2D eigenvalue weighted by Crippen LogP contribution is 2.24. The molecular weight excluding hydrogens is 297 g/mol. The molecule has 2 unspecified atom stereocenters. The van der Waals surface area contributed by atoms with Gasteiger partial charge in [0.05, 0.1) is 18.6 Å². The highest BCUT2D eigenvalue weighted by atomic mass is 19.4. The van der Waals surface area contributed by atoms with E-state index in [2.05, 4.69) is 5.32 Å². The number of carbonyl (C=O) groups excluding carboxylic acids is 1. The number of halogens is 3. The average Bonchev–Trinajstić information content (AvgIpc) is 2.32. The molecule has 7 heteroatoms. The fraction of sp³-hybridized carbons (Fsp3) is 0.933. The zero-order chi connectivity index (χ0) is 17.0. The van der Waals surface area contributed by atoms with Crippen LogP contribution in [-0.4, -0.2) is 54.4 Å². The number of amides is 1. The largest absolute Gasteiger partial charge is 0.401 e. The predicted molar refractivity (Wildman–Crippen MR) is 78.3 cm³/mol. The fourth-order valence-electron chi connectivity index (χ4n) is 3.01. The van der Waals surface area contributed by atoms with Crippen molar-refractivity contribution in [3.63, 3.8) is 0 Å². The molecule has 1 rings (SSSR count). The lowest BCUT2D eigenvalue weighted by molar-refractivity contribution is -0.152. The number of likely N-dealkylation sites (tertiary alicyclic amines) is 1. The molecule has 0 saturated carbocycles. The van der Waals surface area contributed by atoms with Crippen LogP contribution in [0.5, 0.6) is 0 Å². The van der Waals surface area contributed by atoms with Crippen molar-refractivity contribution in [1.29, 1.82) is 0 Å². The van der Waals surface area contributed by atoms with Crippen molar-refractivity contribution < 1.29 is 23.1 Å². The van der Waals surface area contributed by atoms with E-state index in [0.717, 1.165) is 0 Å². The minimum absolute atomic E-state index is 0.155. The maximum atomic E-state index is 12.4. The van der Waals surface area contributed by atoms with E-state index in [-0.39, 0.29) is 17.9 Å². The molecule has 0 aromatic heterocycles. The van der Waals surface area contributed by atoms with E-state index in [1.165, 1.54) is 4.90 Å². The SMILES string of the molecule is CC(O)CC(C)(C)CNC(=O)C1CCCN(CC(F)(F)F)C1. The first-order valence-corrected chi connectivity index (χ1v) is 7.73. The van der Waals surface area contributed by atoms with Crippen LogP contribution >= 0.6 is 0 Å². The molecule has 1 saturated heterocycles. The van der Waals surface area contributed by atoms with Gasteiger partial charge in [0, 0.05) is 13.1 Å². The fourth-order valence-corrected chi connectivity index (χ4v) is 3.01. The summed E-state index contributed by atoms with van der Waals surface area (Å²) in [5.41, 5.74) is -0.246. The van der Waals surface area contributed by atoms with Crippen LogP contribution in [-0.2, 0) is 4.79 Å². The Hall–Kier alpha value is -0.820. The van der Waals surface area contributed by atoms with Crippen LogP contribution in [0.4, 0.5) is 13.2 Å². The zero-order valence-corrected chi connectivity index (χ0v) is 13.5.